The van der Waals surface area contributed by atoms with Crippen LogP contribution in [0.25, 0.3) is 10.8 Å². The number of aromatic nitrogens is 3. The molecule has 1 saturated carbocycles. The molecule has 1 aliphatic rings. The summed E-state index contributed by atoms with van der Waals surface area (Å²) in [7, 11) is 0. The van der Waals surface area contributed by atoms with Gasteiger partial charge in [0.25, 0.3) is 0 Å². The maximum absolute atomic E-state index is 12.2. The van der Waals surface area contributed by atoms with Crippen LogP contribution in [-0.2, 0) is 16.1 Å². The topological polar surface area (TPSA) is 57.0 Å². The molecule has 0 aliphatic heterocycles. The summed E-state index contributed by atoms with van der Waals surface area (Å²) < 4.78 is 7.03. The molecular weight excluding hydrogens is 290 g/mol. The summed E-state index contributed by atoms with van der Waals surface area (Å²) in [6.45, 7) is 0.873. The van der Waals surface area contributed by atoms with Crippen LogP contribution in [0.1, 0.15) is 17.9 Å². The van der Waals surface area contributed by atoms with Crippen molar-refractivity contribution in [2.75, 3.05) is 6.61 Å². The number of hydrogen-bond donors (Lipinski definition) is 0. The molecular formula is C18H17N3O2. The molecule has 0 N–H and O–H groups in total. The largest absolute Gasteiger partial charge is 0.463 e. The Bertz CT molecular complexity index is 824. The summed E-state index contributed by atoms with van der Waals surface area (Å²) in [4.78, 5) is 16.0. The minimum atomic E-state index is -0.108. The number of carbonyl (C=O) groups excluding carboxylic acids is 1. The maximum atomic E-state index is 12.2. The van der Waals surface area contributed by atoms with E-state index in [4.69, 9.17) is 4.74 Å². The Morgan fingerprint density at radius 1 is 1.22 bits per heavy atom. The van der Waals surface area contributed by atoms with Gasteiger partial charge in [-0.25, -0.2) is 9.67 Å². The van der Waals surface area contributed by atoms with Gasteiger partial charge in [0.15, 0.2) is 0 Å². The molecule has 0 amide bonds. The van der Waals surface area contributed by atoms with Crippen molar-refractivity contribution in [2.45, 2.75) is 18.9 Å². The first-order chi connectivity index (χ1) is 11.3. The summed E-state index contributed by atoms with van der Waals surface area (Å²) >= 11 is 0. The van der Waals surface area contributed by atoms with E-state index in [0.717, 1.165) is 6.42 Å². The highest BCUT2D eigenvalue weighted by molar-refractivity contribution is 5.88. The smallest absolute Gasteiger partial charge is 0.309 e. The van der Waals surface area contributed by atoms with E-state index in [-0.39, 0.29) is 17.8 Å². The van der Waals surface area contributed by atoms with Crippen molar-refractivity contribution in [3.63, 3.8) is 0 Å². The number of benzene rings is 2. The van der Waals surface area contributed by atoms with Gasteiger partial charge in [0.2, 0.25) is 0 Å². The summed E-state index contributed by atoms with van der Waals surface area (Å²) in [6.07, 6.45) is 3.96. The predicted molar refractivity (Wildman–Crippen MR) is 85.8 cm³/mol. The van der Waals surface area contributed by atoms with Crippen LogP contribution in [0.3, 0.4) is 0 Å². The highest BCUT2D eigenvalue weighted by atomic mass is 16.5. The SMILES string of the molecule is O=C(OCCn1cncn1)[C@H]1C[C@H]1c1cccc2ccccc12. The van der Waals surface area contributed by atoms with Crippen LogP contribution in [0.5, 0.6) is 0 Å². The first-order valence-electron chi connectivity index (χ1n) is 7.79. The minimum Gasteiger partial charge on any atom is -0.463 e. The minimum absolute atomic E-state index is 0.0171. The lowest BCUT2D eigenvalue weighted by Gasteiger charge is -2.07. The van der Waals surface area contributed by atoms with E-state index in [9.17, 15) is 4.79 Å². The molecule has 0 radical (unpaired) electrons. The lowest BCUT2D eigenvalue weighted by atomic mass is 10.0. The van der Waals surface area contributed by atoms with Gasteiger partial charge in [-0.2, -0.15) is 5.10 Å². The van der Waals surface area contributed by atoms with E-state index in [1.54, 1.807) is 11.0 Å². The van der Waals surface area contributed by atoms with Crippen LogP contribution in [0.4, 0.5) is 0 Å². The Labute approximate surface area is 133 Å². The second-order valence-corrected chi connectivity index (χ2v) is 5.84. The van der Waals surface area contributed by atoms with E-state index < -0.39 is 0 Å². The molecule has 0 saturated heterocycles. The molecule has 23 heavy (non-hydrogen) atoms. The van der Waals surface area contributed by atoms with Gasteiger partial charge < -0.3 is 4.74 Å². The van der Waals surface area contributed by atoms with Gasteiger partial charge in [-0.3, -0.25) is 4.79 Å². The fourth-order valence-corrected chi connectivity index (χ4v) is 3.07. The van der Waals surface area contributed by atoms with Gasteiger partial charge in [0, 0.05) is 0 Å². The van der Waals surface area contributed by atoms with Crippen molar-refractivity contribution in [3.8, 4) is 0 Å². The molecule has 5 nitrogen and oxygen atoms in total. The molecule has 5 heteroatoms. The standard InChI is InChI=1S/C18H17N3O2/c22-18(23-9-8-21-12-19-11-20-21)17-10-16(17)15-7-3-5-13-4-1-2-6-14(13)15/h1-7,11-12,16-17H,8-10H2/t16-,17-/m0/s1. The second-order valence-electron chi connectivity index (χ2n) is 5.84. The quantitative estimate of drug-likeness (QED) is 0.680. The zero-order valence-corrected chi connectivity index (χ0v) is 12.6. The van der Waals surface area contributed by atoms with Gasteiger partial charge in [-0.05, 0) is 28.7 Å². The lowest BCUT2D eigenvalue weighted by molar-refractivity contribution is -0.145. The molecule has 2 aromatic carbocycles. The van der Waals surface area contributed by atoms with Crippen molar-refractivity contribution in [1.82, 2.24) is 14.8 Å². The van der Waals surface area contributed by atoms with Crippen molar-refractivity contribution in [1.29, 1.82) is 0 Å². The van der Waals surface area contributed by atoms with E-state index in [1.165, 1.54) is 22.7 Å². The van der Waals surface area contributed by atoms with E-state index >= 15 is 0 Å². The number of rotatable bonds is 5. The fourth-order valence-electron chi connectivity index (χ4n) is 3.07. The number of nitrogens with zero attached hydrogens (tertiary/aromatic N) is 3. The van der Waals surface area contributed by atoms with Gasteiger partial charge >= 0.3 is 5.97 Å². The van der Waals surface area contributed by atoms with Crippen molar-refractivity contribution in [3.05, 3.63) is 60.7 Å². The Morgan fingerprint density at radius 2 is 2.09 bits per heavy atom. The van der Waals surface area contributed by atoms with Crippen LogP contribution in [0, 0.1) is 5.92 Å². The molecule has 1 heterocycles. The number of esters is 1. The monoisotopic (exact) mass is 307 g/mol. The summed E-state index contributed by atoms with van der Waals surface area (Å²) in [5.74, 6) is 0.152. The van der Waals surface area contributed by atoms with Crippen LogP contribution in [0.15, 0.2) is 55.1 Å². The Morgan fingerprint density at radius 3 is 2.96 bits per heavy atom. The molecule has 1 aliphatic carbocycles. The normalized spacial score (nSPS) is 19.7. The Kier molecular flexibility index (Phi) is 3.54. The number of ether oxygens (including phenoxy) is 1. The van der Waals surface area contributed by atoms with Gasteiger partial charge in [-0.15, -0.1) is 0 Å². The summed E-state index contributed by atoms with van der Waals surface area (Å²) in [5, 5.41) is 6.44. The molecule has 0 unspecified atom stereocenters. The average molecular weight is 307 g/mol. The van der Waals surface area contributed by atoms with E-state index in [2.05, 4.69) is 40.4 Å². The maximum Gasteiger partial charge on any atom is 0.309 e. The third kappa shape index (κ3) is 2.82. The Balaban J connectivity index is 1.40. The first-order valence-corrected chi connectivity index (χ1v) is 7.79. The van der Waals surface area contributed by atoms with Crippen molar-refractivity contribution in [2.24, 2.45) is 5.92 Å². The Hall–Kier alpha value is -2.69. The molecule has 116 valence electrons. The van der Waals surface area contributed by atoms with Gasteiger partial charge in [0.1, 0.15) is 19.3 Å². The third-order valence-corrected chi connectivity index (χ3v) is 4.35. The molecule has 0 spiro atoms. The van der Waals surface area contributed by atoms with Crippen LogP contribution in [0.2, 0.25) is 0 Å². The van der Waals surface area contributed by atoms with E-state index in [1.807, 2.05) is 12.1 Å². The molecule has 1 fully saturated rings. The summed E-state index contributed by atoms with van der Waals surface area (Å²) in [5.41, 5.74) is 1.25. The zero-order chi connectivity index (χ0) is 15.6. The first kappa shape index (κ1) is 13.9. The lowest BCUT2D eigenvalue weighted by Crippen LogP contribution is -2.13. The van der Waals surface area contributed by atoms with Gasteiger partial charge in [-0.1, -0.05) is 42.5 Å². The number of carbonyl (C=O) groups is 1. The molecule has 2 atom stereocenters. The predicted octanol–water partition coefficient (Wildman–Crippen LogP) is 2.78. The van der Waals surface area contributed by atoms with Crippen LogP contribution >= 0.6 is 0 Å². The van der Waals surface area contributed by atoms with E-state index in [0.29, 0.717) is 13.2 Å². The number of hydrogen-bond acceptors (Lipinski definition) is 4. The highest BCUT2D eigenvalue weighted by Crippen LogP contribution is 2.50. The van der Waals surface area contributed by atoms with Crippen LogP contribution in [-0.4, -0.2) is 27.3 Å². The van der Waals surface area contributed by atoms with Crippen molar-refractivity contribution >= 4 is 16.7 Å². The summed E-state index contributed by atoms with van der Waals surface area (Å²) in [6, 6.07) is 14.6. The third-order valence-electron chi connectivity index (χ3n) is 4.35. The molecule has 3 aromatic rings. The van der Waals surface area contributed by atoms with Crippen LogP contribution < -0.4 is 0 Å². The number of fused-ring (bicyclic) bond motifs is 1. The van der Waals surface area contributed by atoms with Gasteiger partial charge in [0.05, 0.1) is 12.5 Å². The fraction of sp³-hybridized carbons (Fsp3) is 0.278. The molecule has 0 bridgehead atoms. The molecule has 1 aromatic heterocycles. The zero-order valence-electron chi connectivity index (χ0n) is 12.6. The average Bonchev–Trinajstić information content (AvgIpc) is 3.22. The second kappa shape index (κ2) is 5.83. The highest BCUT2D eigenvalue weighted by Gasteiger charge is 2.45. The van der Waals surface area contributed by atoms with Crippen molar-refractivity contribution < 1.29 is 9.53 Å². The molecule has 4 rings (SSSR count).